The van der Waals surface area contributed by atoms with E-state index >= 15 is 0 Å². The first-order chi connectivity index (χ1) is 18.8. The number of azo groups is 1. The van der Waals surface area contributed by atoms with Crippen LogP contribution in [0.2, 0.25) is 0 Å². The standard InChI is InChI=1S/C32H29N3O4/c1-32(2,3)22-15-16-26-27(17-22)39-28(19-38-26)30(36)34-33-29-24-13-6-7-14-25(24)35(31(29)37)18-21-11-8-10-20-9-4-5-12-23(20)21/h4-17,28,37H,18-19H2,1-3H3/t28-/m0/s1. The van der Waals surface area contributed by atoms with E-state index in [0.717, 1.165) is 27.4 Å². The number of amides is 1. The summed E-state index contributed by atoms with van der Waals surface area (Å²) in [5, 5.41) is 22.4. The molecule has 2 heterocycles. The molecule has 0 spiro atoms. The third-order valence-electron chi connectivity index (χ3n) is 7.12. The van der Waals surface area contributed by atoms with Crippen LogP contribution in [0.25, 0.3) is 21.7 Å². The van der Waals surface area contributed by atoms with E-state index in [0.29, 0.717) is 23.4 Å². The van der Waals surface area contributed by atoms with Gasteiger partial charge >= 0.3 is 5.91 Å². The SMILES string of the molecule is CC(C)(C)c1ccc2c(c1)O[C@H](C(=O)N=Nc1c(O)n(Cc3cccc4ccccc34)c3ccccc13)CO2. The minimum atomic E-state index is -0.928. The Morgan fingerprint density at radius 3 is 2.51 bits per heavy atom. The van der Waals surface area contributed by atoms with Gasteiger partial charge in [-0.15, -0.1) is 10.2 Å². The fourth-order valence-corrected chi connectivity index (χ4v) is 4.96. The maximum absolute atomic E-state index is 13.0. The Labute approximate surface area is 226 Å². The van der Waals surface area contributed by atoms with Crippen LogP contribution >= 0.6 is 0 Å². The fourth-order valence-electron chi connectivity index (χ4n) is 4.96. The van der Waals surface area contributed by atoms with E-state index in [9.17, 15) is 9.90 Å². The highest BCUT2D eigenvalue weighted by Crippen LogP contribution is 2.40. The monoisotopic (exact) mass is 519 g/mol. The lowest BCUT2D eigenvalue weighted by Crippen LogP contribution is -2.35. The van der Waals surface area contributed by atoms with Crippen LogP contribution in [-0.4, -0.2) is 28.3 Å². The summed E-state index contributed by atoms with van der Waals surface area (Å²) >= 11 is 0. The zero-order valence-electron chi connectivity index (χ0n) is 22.1. The third kappa shape index (κ3) is 4.61. The molecule has 196 valence electrons. The van der Waals surface area contributed by atoms with E-state index in [4.69, 9.17) is 9.47 Å². The number of fused-ring (bicyclic) bond motifs is 3. The molecule has 0 fully saturated rings. The Kier molecular flexibility index (Phi) is 6.06. The van der Waals surface area contributed by atoms with Crippen molar-refractivity contribution < 1.29 is 19.4 Å². The average Bonchev–Trinajstić information content (AvgIpc) is 3.21. The maximum atomic E-state index is 13.0. The zero-order valence-corrected chi connectivity index (χ0v) is 22.1. The van der Waals surface area contributed by atoms with Crippen molar-refractivity contribution in [2.24, 2.45) is 10.2 Å². The summed E-state index contributed by atoms with van der Waals surface area (Å²) in [7, 11) is 0. The molecule has 7 heteroatoms. The summed E-state index contributed by atoms with van der Waals surface area (Å²) < 4.78 is 13.5. The molecular weight excluding hydrogens is 490 g/mol. The third-order valence-corrected chi connectivity index (χ3v) is 7.12. The number of benzene rings is 4. The molecule has 6 rings (SSSR count). The van der Waals surface area contributed by atoms with Gasteiger partial charge in [-0.3, -0.25) is 4.79 Å². The largest absolute Gasteiger partial charge is 0.493 e. The highest BCUT2D eigenvalue weighted by Gasteiger charge is 2.29. The molecule has 5 aromatic rings. The summed E-state index contributed by atoms with van der Waals surface area (Å²) in [6.07, 6.45) is -0.928. The number of ether oxygens (including phenoxy) is 2. The van der Waals surface area contributed by atoms with Crippen LogP contribution in [-0.2, 0) is 16.8 Å². The van der Waals surface area contributed by atoms with Crippen LogP contribution in [0.1, 0.15) is 31.9 Å². The average molecular weight is 520 g/mol. The molecular formula is C32H29N3O4. The van der Waals surface area contributed by atoms with Gasteiger partial charge in [-0.2, -0.15) is 0 Å². The number of aromatic nitrogens is 1. The van der Waals surface area contributed by atoms with Crippen LogP contribution in [0, 0.1) is 0 Å². The highest BCUT2D eigenvalue weighted by molar-refractivity contribution is 5.96. The van der Waals surface area contributed by atoms with E-state index < -0.39 is 12.0 Å². The number of rotatable bonds is 4. The molecule has 4 aromatic carbocycles. The summed E-state index contributed by atoms with van der Waals surface area (Å²) in [6.45, 7) is 6.80. The van der Waals surface area contributed by atoms with E-state index in [2.05, 4.69) is 49.2 Å². The molecule has 0 saturated heterocycles. The van der Waals surface area contributed by atoms with Crippen LogP contribution in [0.15, 0.2) is 95.2 Å². The molecule has 1 aliphatic heterocycles. The van der Waals surface area contributed by atoms with Crippen LogP contribution in [0.4, 0.5) is 5.69 Å². The van der Waals surface area contributed by atoms with Gasteiger partial charge in [-0.1, -0.05) is 87.5 Å². The topological polar surface area (TPSA) is 85.4 Å². The van der Waals surface area contributed by atoms with E-state index in [-0.39, 0.29) is 23.6 Å². The normalized spacial score (nSPS) is 15.3. The first-order valence-corrected chi connectivity index (χ1v) is 13.0. The molecule has 7 nitrogen and oxygen atoms in total. The molecule has 1 N–H and O–H groups in total. The second kappa shape index (κ2) is 9.58. The minimum Gasteiger partial charge on any atom is -0.493 e. The van der Waals surface area contributed by atoms with Crippen molar-refractivity contribution in [2.75, 3.05) is 6.61 Å². The molecule has 39 heavy (non-hydrogen) atoms. The Morgan fingerprint density at radius 1 is 0.949 bits per heavy atom. The Morgan fingerprint density at radius 2 is 1.69 bits per heavy atom. The lowest BCUT2D eigenvalue weighted by Gasteiger charge is -2.27. The van der Waals surface area contributed by atoms with Crippen molar-refractivity contribution >= 4 is 33.3 Å². The van der Waals surface area contributed by atoms with Crippen LogP contribution < -0.4 is 9.47 Å². The Bertz CT molecular complexity index is 1740. The van der Waals surface area contributed by atoms with Gasteiger partial charge in [0.2, 0.25) is 12.0 Å². The van der Waals surface area contributed by atoms with Crippen molar-refractivity contribution in [3.8, 4) is 17.4 Å². The predicted molar refractivity (Wildman–Crippen MR) is 151 cm³/mol. The summed E-state index contributed by atoms with van der Waals surface area (Å²) in [6, 6.07) is 27.6. The molecule has 1 aromatic heterocycles. The molecule has 0 bridgehead atoms. The van der Waals surface area contributed by atoms with E-state index in [1.54, 1.807) is 4.57 Å². The fraction of sp³-hybridized carbons (Fsp3) is 0.219. The van der Waals surface area contributed by atoms with Gasteiger partial charge in [0.25, 0.3) is 0 Å². The zero-order chi connectivity index (χ0) is 27.1. The van der Waals surface area contributed by atoms with Crippen molar-refractivity contribution in [2.45, 2.75) is 38.8 Å². The van der Waals surface area contributed by atoms with Gasteiger partial charge in [-0.05, 0) is 45.5 Å². The second-order valence-corrected chi connectivity index (χ2v) is 10.8. The molecule has 1 atom stereocenters. The van der Waals surface area contributed by atoms with Gasteiger partial charge in [0.1, 0.15) is 6.61 Å². The van der Waals surface area contributed by atoms with Gasteiger partial charge in [0.15, 0.2) is 17.2 Å². The van der Waals surface area contributed by atoms with Crippen molar-refractivity contribution in [3.63, 3.8) is 0 Å². The van der Waals surface area contributed by atoms with Crippen molar-refractivity contribution in [1.82, 2.24) is 4.57 Å². The molecule has 0 unspecified atom stereocenters. The van der Waals surface area contributed by atoms with Gasteiger partial charge in [0.05, 0.1) is 12.1 Å². The molecule has 1 amide bonds. The van der Waals surface area contributed by atoms with Crippen molar-refractivity contribution in [1.29, 1.82) is 0 Å². The summed E-state index contributed by atoms with van der Waals surface area (Å²) in [5.41, 5.74) is 3.09. The number of hydrogen-bond acceptors (Lipinski definition) is 5. The summed E-state index contributed by atoms with van der Waals surface area (Å²) in [4.78, 5) is 13.0. The number of hydrogen-bond donors (Lipinski definition) is 1. The van der Waals surface area contributed by atoms with Crippen LogP contribution in [0.5, 0.6) is 17.4 Å². The number of nitrogens with zero attached hydrogens (tertiary/aromatic N) is 3. The first kappa shape index (κ1) is 24.7. The number of carbonyl (C=O) groups is 1. The molecule has 0 aliphatic carbocycles. The minimum absolute atomic E-state index is 0.0363. The van der Waals surface area contributed by atoms with Gasteiger partial charge in [-0.25, -0.2) is 0 Å². The molecule has 0 radical (unpaired) electrons. The Balaban J connectivity index is 1.29. The first-order valence-electron chi connectivity index (χ1n) is 13.0. The molecule has 1 aliphatic rings. The van der Waals surface area contributed by atoms with Crippen molar-refractivity contribution in [3.05, 3.63) is 96.1 Å². The maximum Gasteiger partial charge on any atom is 0.308 e. The predicted octanol–water partition coefficient (Wildman–Crippen LogP) is 7.30. The summed E-state index contributed by atoms with van der Waals surface area (Å²) in [5.74, 6) is 0.476. The van der Waals surface area contributed by atoms with Crippen LogP contribution in [0.3, 0.4) is 0 Å². The Hall–Kier alpha value is -4.65. The van der Waals surface area contributed by atoms with E-state index in [1.165, 1.54) is 0 Å². The molecule has 0 saturated carbocycles. The second-order valence-electron chi connectivity index (χ2n) is 10.8. The quantitative estimate of drug-likeness (QED) is 0.253. The number of aromatic hydroxyl groups is 1. The lowest BCUT2D eigenvalue weighted by atomic mass is 9.87. The lowest BCUT2D eigenvalue weighted by molar-refractivity contribution is -0.127. The van der Waals surface area contributed by atoms with Gasteiger partial charge < -0.3 is 19.1 Å². The number of carbonyl (C=O) groups excluding carboxylic acids is 1. The van der Waals surface area contributed by atoms with E-state index in [1.807, 2.05) is 66.7 Å². The highest BCUT2D eigenvalue weighted by atomic mass is 16.6. The smallest absolute Gasteiger partial charge is 0.308 e. The van der Waals surface area contributed by atoms with Gasteiger partial charge in [0, 0.05) is 5.39 Å². The number of para-hydroxylation sites is 1.